The van der Waals surface area contributed by atoms with Crippen LogP contribution in [0.4, 0.5) is 4.79 Å². The van der Waals surface area contributed by atoms with Crippen LogP contribution in [0.1, 0.15) is 21.7 Å². The van der Waals surface area contributed by atoms with Gasteiger partial charge in [0, 0.05) is 32.1 Å². The van der Waals surface area contributed by atoms with Crippen molar-refractivity contribution in [2.24, 2.45) is 5.92 Å². The molecule has 1 aromatic rings. The molecule has 2 aliphatic heterocycles. The Bertz CT molecular complexity index is 659. The Morgan fingerprint density at radius 2 is 2.24 bits per heavy atom. The molecule has 1 aromatic heterocycles. The summed E-state index contributed by atoms with van der Waals surface area (Å²) >= 11 is 0. The molecular formula is C13H15N5O3. The second-order valence-corrected chi connectivity index (χ2v) is 5.42. The van der Waals surface area contributed by atoms with Gasteiger partial charge in [0.2, 0.25) is 0 Å². The topological polar surface area (TPSA) is 102 Å². The molecule has 0 aromatic carbocycles. The van der Waals surface area contributed by atoms with Crippen LogP contribution in [-0.4, -0.2) is 56.8 Å². The quantitative estimate of drug-likeness (QED) is 0.732. The standard InChI is InChI=1S/C13H15N5O3/c1-16-5-8(4-14)6-18-11(12(16)19)9-7-17(13(20)21)3-2-10(9)15-18/h8H,2-3,5-7H2,1H3,(H,20,21). The number of rotatable bonds is 0. The first-order chi connectivity index (χ1) is 10.0. The fourth-order valence-electron chi connectivity index (χ4n) is 2.90. The molecule has 0 fully saturated rings. The smallest absolute Gasteiger partial charge is 0.407 e. The minimum absolute atomic E-state index is 0.177. The Morgan fingerprint density at radius 1 is 1.48 bits per heavy atom. The summed E-state index contributed by atoms with van der Waals surface area (Å²) in [6.45, 7) is 1.28. The van der Waals surface area contributed by atoms with Crippen LogP contribution in [0.2, 0.25) is 0 Å². The molecule has 1 atom stereocenters. The number of carboxylic acid groups (broad SMARTS) is 1. The Balaban J connectivity index is 2.05. The van der Waals surface area contributed by atoms with Gasteiger partial charge in [0.15, 0.2) is 0 Å². The maximum absolute atomic E-state index is 12.5. The van der Waals surface area contributed by atoms with E-state index in [0.29, 0.717) is 37.3 Å². The molecule has 1 unspecified atom stereocenters. The first-order valence-electron chi connectivity index (χ1n) is 6.72. The second-order valence-electron chi connectivity index (χ2n) is 5.42. The van der Waals surface area contributed by atoms with E-state index in [2.05, 4.69) is 11.2 Å². The van der Waals surface area contributed by atoms with Crippen LogP contribution in [0.3, 0.4) is 0 Å². The minimum Gasteiger partial charge on any atom is -0.465 e. The van der Waals surface area contributed by atoms with Gasteiger partial charge in [0.1, 0.15) is 5.69 Å². The lowest BCUT2D eigenvalue weighted by atomic mass is 10.1. The molecule has 8 heteroatoms. The zero-order valence-corrected chi connectivity index (χ0v) is 11.6. The minimum atomic E-state index is -0.995. The number of fused-ring (bicyclic) bond motifs is 3. The van der Waals surface area contributed by atoms with Gasteiger partial charge in [-0.3, -0.25) is 9.48 Å². The summed E-state index contributed by atoms with van der Waals surface area (Å²) in [6, 6.07) is 2.18. The maximum Gasteiger partial charge on any atom is 0.407 e. The van der Waals surface area contributed by atoms with E-state index >= 15 is 0 Å². The van der Waals surface area contributed by atoms with Crippen LogP contribution in [0, 0.1) is 17.2 Å². The van der Waals surface area contributed by atoms with Crippen molar-refractivity contribution in [3.05, 3.63) is 17.0 Å². The average molecular weight is 289 g/mol. The molecule has 110 valence electrons. The number of hydrogen-bond donors (Lipinski definition) is 1. The SMILES string of the molecule is CN1CC(C#N)Cn2nc3c(c2C1=O)CN(C(=O)O)CC3. The van der Waals surface area contributed by atoms with Crippen LogP contribution in [-0.2, 0) is 19.5 Å². The molecule has 21 heavy (non-hydrogen) atoms. The van der Waals surface area contributed by atoms with Gasteiger partial charge < -0.3 is 14.9 Å². The molecule has 0 bridgehead atoms. The molecule has 8 nitrogen and oxygen atoms in total. The van der Waals surface area contributed by atoms with Crippen molar-refractivity contribution in [3.63, 3.8) is 0 Å². The lowest BCUT2D eigenvalue weighted by molar-refractivity contribution is 0.0785. The molecule has 2 aliphatic rings. The first kappa shape index (κ1) is 13.4. The van der Waals surface area contributed by atoms with Gasteiger partial charge in [-0.05, 0) is 0 Å². The predicted octanol–water partition coefficient (Wildman–Crippen LogP) is 0.145. The van der Waals surface area contributed by atoms with Gasteiger partial charge >= 0.3 is 6.09 Å². The van der Waals surface area contributed by atoms with E-state index in [-0.39, 0.29) is 18.4 Å². The Labute approximate surface area is 121 Å². The van der Waals surface area contributed by atoms with Crippen LogP contribution in [0.5, 0.6) is 0 Å². The number of carbonyl (C=O) groups is 2. The monoisotopic (exact) mass is 289 g/mol. The number of nitrogens with zero attached hydrogens (tertiary/aromatic N) is 5. The third-order valence-corrected chi connectivity index (χ3v) is 3.99. The van der Waals surface area contributed by atoms with Gasteiger partial charge in [-0.2, -0.15) is 10.4 Å². The summed E-state index contributed by atoms with van der Waals surface area (Å²) in [5.41, 5.74) is 1.87. The lowest BCUT2D eigenvalue weighted by Crippen LogP contribution is -2.36. The number of amides is 2. The molecule has 0 saturated carbocycles. The summed E-state index contributed by atoms with van der Waals surface area (Å²) in [7, 11) is 1.65. The fraction of sp³-hybridized carbons (Fsp3) is 0.538. The molecule has 1 N–H and O–H groups in total. The van der Waals surface area contributed by atoms with Gasteiger partial charge in [-0.15, -0.1) is 0 Å². The summed E-state index contributed by atoms with van der Waals surface area (Å²) < 4.78 is 1.58. The van der Waals surface area contributed by atoms with E-state index < -0.39 is 6.09 Å². The third-order valence-electron chi connectivity index (χ3n) is 3.99. The van der Waals surface area contributed by atoms with Gasteiger partial charge in [-0.1, -0.05) is 0 Å². The molecule has 0 radical (unpaired) electrons. The number of aromatic nitrogens is 2. The van der Waals surface area contributed by atoms with Crippen LogP contribution >= 0.6 is 0 Å². The largest absolute Gasteiger partial charge is 0.465 e. The van der Waals surface area contributed by atoms with Crippen LogP contribution < -0.4 is 0 Å². The second kappa shape index (κ2) is 4.77. The van der Waals surface area contributed by atoms with Crippen molar-refractivity contribution in [2.45, 2.75) is 19.5 Å². The highest BCUT2D eigenvalue weighted by Gasteiger charge is 2.34. The van der Waals surface area contributed by atoms with Crippen molar-refractivity contribution in [3.8, 4) is 6.07 Å². The Hall–Kier alpha value is -2.56. The van der Waals surface area contributed by atoms with E-state index in [1.807, 2.05) is 0 Å². The maximum atomic E-state index is 12.5. The van der Waals surface area contributed by atoms with Crippen molar-refractivity contribution in [1.29, 1.82) is 5.26 Å². The normalized spacial score (nSPS) is 21.3. The van der Waals surface area contributed by atoms with Gasteiger partial charge in [-0.25, -0.2) is 4.79 Å². The number of carbonyl (C=O) groups excluding carboxylic acids is 1. The van der Waals surface area contributed by atoms with Crippen molar-refractivity contribution in [1.82, 2.24) is 19.6 Å². The van der Waals surface area contributed by atoms with E-state index in [1.165, 1.54) is 9.80 Å². The highest BCUT2D eigenvalue weighted by molar-refractivity contribution is 5.94. The summed E-state index contributed by atoms with van der Waals surface area (Å²) in [6.07, 6.45) is -0.500. The molecule has 3 heterocycles. The van der Waals surface area contributed by atoms with Crippen LogP contribution in [0.15, 0.2) is 0 Å². The molecule has 2 amide bonds. The van der Waals surface area contributed by atoms with E-state index in [0.717, 1.165) is 5.69 Å². The zero-order valence-electron chi connectivity index (χ0n) is 11.6. The first-order valence-corrected chi connectivity index (χ1v) is 6.72. The fourth-order valence-corrected chi connectivity index (χ4v) is 2.90. The molecule has 3 rings (SSSR count). The van der Waals surface area contributed by atoms with Crippen molar-refractivity contribution < 1.29 is 14.7 Å². The molecule has 0 saturated heterocycles. The Kier molecular flexibility index (Phi) is 3.05. The highest BCUT2D eigenvalue weighted by Crippen LogP contribution is 2.26. The highest BCUT2D eigenvalue weighted by atomic mass is 16.4. The van der Waals surface area contributed by atoms with E-state index in [4.69, 9.17) is 10.4 Å². The third kappa shape index (κ3) is 2.11. The molecule has 0 spiro atoms. The van der Waals surface area contributed by atoms with Gasteiger partial charge in [0.25, 0.3) is 5.91 Å². The lowest BCUT2D eigenvalue weighted by Gasteiger charge is -2.24. The predicted molar refractivity (Wildman–Crippen MR) is 70.4 cm³/mol. The van der Waals surface area contributed by atoms with Crippen LogP contribution in [0.25, 0.3) is 0 Å². The zero-order chi connectivity index (χ0) is 15.1. The van der Waals surface area contributed by atoms with E-state index in [1.54, 1.807) is 11.7 Å². The van der Waals surface area contributed by atoms with Gasteiger partial charge in [0.05, 0.1) is 30.8 Å². The van der Waals surface area contributed by atoms with Crippen molar-refractivity contribution in [2.75, 3.05) is 20.1 Å². The average Bonchev–Trinajstić information content (AvgIpc) is 2.76. The van der Waals surface area contributed by atoms with Crippen molar-refractivity contribution >= 4 is 12.0 Å². The summed E-state index contributed by atoms with van der Waals surface area (Å²) in [5, 5.41) is 22.7. The molecule has 0 aliphatic carbocycles. The molecular weight excluding hydrogens is 274 g/mol. The number of nitriles is 1. The van der Waals surface area contributed by atoms with E-state index in [9.17, 15) is 9.59 Å². The summed E-state index contributed by atoms with van der Waals surface area (Å²) in [4.78, 5) is 26.4. The Morgan fingerprint density at radius 3 is 2.90 bits per heavy atom. The summed E-state index contributed by atoms with van der Waals surface area (Å²) in [5.74, 6) is -0.508. The number of hydrogen-bond acceptors (Lipinski definition) is 4.